The third-order valence-electron chi connectivity index (χ3n) is 4.93. The standard InChI is InChI=1S/C23H25F/c1-2-3-4-5-18-6-8-19(9-7-18)20-10-12-21(13-11-20)22-14-16-23(24)17-15-22/h2-3,6,10-17,19H,4-5,7-9H2,1H3. The van der Waals surface area contributed by atoms with E-state index in [2.05, 4.69) is 49.4 Å². The van der Waals surface area contributed by atoms with Gasteiger partial charge in [0.2, 0.25) is 0 Å². The lowest BCUT2D eigenvalue weighted by Crippen LogP contribution is -2.04. The molecule has 0 fully saturated rings. The molecule has 1 aliphatic carbocycles. The molecular weight excluding hydrogens is 295 g/mol. The van der Waals surface area contributed by atoms with Crippen molar-refractivity contribution in [1.82, 2.24) is 0 Å². The molecule has 0 heterocycles. The second kappa shape index (κ2) is 8.10. The van der Waals surface area contributed by atoms with E-state index in [4.69, 9.17) is 0 Å². The summed E-state index contributed by atoms with van der Waals surface area (Å²) in [5.41, 5.74) is 5.26. The van der Waals surface area contributed by atoms with Gasteiger partial charge in [0.1, 0.15) is 5.82 Å². The Balaban J connectivity index is 1.63. The molecular formula is C23H25F. The fraction of sp³-hybridized carbons (Fsp3) is 0.304. The average molecular weight is 320 g/mol. The molecule has 0 spiro atoms. The Morgan fingerprint density at radius 3 is 2.25 bits per heavy atom. The summed E-state index contributed by atoms with van der Waals surface area (Å²) in [5.74, 6) is 0.451. The summed E-state index contributed by atoms with van der Waals surface area (Å²) in [5, 5.41) is 0. The Labute approximate surface area is 144 Å². The summed E-state index contributed by atoms with van der Waals surface area (Å²) in [6.07, 6.45) is 12.8. The first-order chi connectivity index (χ1) is 11.8. The molecule has 0 saturated heterocycles. The highest BCUT2D eigenvalue weighted by Crippen LogP contribution is 2.34. The minimum absolute atomic E-state index is 0.186. The van der Waals surface area contributed by atoms with Crippen LogP contribution in [0, 0.1) is 5.82 Å². The summed E-state index contributed by atoms with van der Waals surface area (Å²) >= 11 is 0. The lowest BCUT2D eigenvalue weighted by atomic mass is 9.83. The molecule has 0 radical (unpaired) electrons. The van der Waals surface area contributed by atoms with Gasteiger partial charge in [-0.1, -0.05) is 60.2 Å². The van der Waals surface area contributed by atoms with Crippen LogP contribution in [0.15, 0.2) is 72.3 Å². The van der Waals surface area contributed by atoms with Crippen LogP contribution in [0.2, 0.25) is 0 Å². The van der Waals surface area contributed by atoms with Crippen molar-refractivity contribution >= 4 is 0 Å². The van der Waals surface area contributed by atoms with E-state index in [1.807, 2.05) is 12.1 Å². The maximum atomic E-state index is 13.0. The number of allylic oxidation sites excluding steroid dienone is 4. The normalized spacial score (nSPS) is 17.9. The molecule has 0 saturated carbocycles. The Hall–Kier alpha value is -2.15. The largest absolute Gasteiger partial charge is 0.207 e. The van der Waals surface area contributed by atoms with Gasteiger partial charge in [-0.25, -0.2) is 4.39 Å². The zero-order valence-electron chi connectivity index (χ0n) is 14.3. The first-order valence-corrected chi connectivity index (χ1v) is 8.91. The minimum atomic E-state index is -0.186. The second-order valence-electron chi connectivity index (χ2n) is 6.57. The van der Waals surface area contributed by atoms with Gasteiger partial charge in [0.15, 0.2) is 0 Å². The monoisotopic (exact) mass is 320 g/mol. The number of halogens is 1. The fourth-order valence-electron chi connectivity index (χ4n) is 3.44. The highest BCUT2D eigenvalue weighted by Gasteiger charge is 2.16. The molecule has 0 N–H and O–H groups in total. The van der Waals surface area contributed by atoms with Gasteiger partial charge in [-0.3, -0.25) is 0 Å². The molecule has 0 amide bonds. The lowest BCUT2D eigenvalue weighted by molar-refractivity contribution is 0.586. The third-order valence-corrected chi connectivity index (χ3v) is 4.93. The van der Waals surface area contributed by atoms with Crippen LogP contribution in [-0.2, 0) is 0 Å². The third kappa shape index (κ3) is 4.23. The quantitative estimate of drug-likeness (QED) is 0.518. The number of hydrogen-bond acceptors (Lipinski definition) is 0. The molecule has 1 heteroatoms. The van der Waals surface area contributed by atoms with Crippen molar-refractivity contribution in [3.8, 4) is 11.1 Å². The Morgan fingerprint density at radius 2 is 1.67 bits per heavy atom. The van der Waals surface area contributed by atoms with E-state index in [1.165, 1.54) is 43.4 Å². The summed E-state index contributed by atoms with van der Waals surface area (Å²) in [6.45, 7) is 2.08. The SMILES string of the molecule is CC=CCCC1=CCC(c2ccc(-c3ccc(F)cc3)cc2)CC1. The van der Waals surface area contributed by atoms with Gasteiger partial charge in [-0.05, 0) is 73.8 Å². The van der Waals surface area contributed by atoms with Crippen molar-refractivity contribution in [3.63, 3.8) is 0 Å². The number of rotatable bonds is 5. The van der Waals surface area contributed by atoms with Gasteiger partial charge in [0, 0.05) is 0 Å². The van der Waals surface area contributed by atoms with Crippen LogP contribution in [0.4, 0.5) is 4.39 Å². The van der Waals surface area contributed by atoms with E-state index in [0.29, 0.717) is 5.92 Å². The molecule has 0 bridgehead atoms. The zero-order valence-corrected chi connectivity index (χ0v) is 14.3. The predicted octanol–water partition coefficient (Wildman–Crippen LogP) is 7.04. The van der Waals surface area contributed by atoms with E-state index in [0.717, 1.165) is 17.5 Å². The molecule has 24 heavy (non-hydrogen) atoms. The molecule has 2 aromatic carbocycles. The Kier molecular flexibility index (Phi) is 5.63. The van der Waals surface area contributed by atoms with Gasteiger partial charge >= 0.3 is 0 Å². The molecule has 1 unspecified atom stereocenters. The molecule has 124 valence electrons. The van der Waals surface area contributed by atoms with Gasteiger partial charge in [0.05, 0.1) is 0 Å². The van der Waals surface area contributed by atoms with Crippen LogP contribution < -0.4 is 0 Å². The molecule has 0 aromatic heterocycles. The van der Waals surface area contributed by atoms with Crippen LogP contribution in [0.1, 0.15) is 50.5 Å². The molecule has 0 aliphatic heterocycles. The van der Waals surface area contributed by atoms with Crippen LogP contribution in [0.5, 0.6) is 0 Å². The Morgan fingerprint density at radius 1 is 1.00 bits per heavy atom. The Bertz CT molecular complexity index is 705. The summed E-state index contributed by atoms with van der Waals surface area (Å²) in [7, 11) is 0. The molecule has 1 aliphatic rings. The summed E-state index contributed by atoms with van der Waals surface area (Å²) in [6, 6.07) is 15.5. The molecule has 2 aromatic rings. The maximum Gasteiger partial charge on any atom is 0.123 e. The maximum absolute atomic E-state index is 13.0. The fourth-order valence-corrected chi connectivity index (χ4v) is 3.44. The van der Waals surface area contributed by atoms with Crippen LogP contribution >= 0.6 is 0 Å². The van der Waals surface area contributed by atoms with Crippen molar-refractivity contribution < 1.29 is 4.39 Å². The van der Waals surface area contributed by atoms with E-state index in [9.17, 15) is 4.39 Å². The smallest absolute Gasteiger partial charge is 0.123 e. The first-order valence-electron chi connectivity index (χ1n) is 8.91. The number of benzene rings is 2. The summed E-state index contributed by atoms with van der Waals surface area (Å²) < 4.78 is 13.0. The molecule has 0 nitrogen and oxygen atoms in total. The lowest BCUT2D eigenvalue weighted by Gasteiger charge is -2.22. The van der Waals surface area contributed by atoms with E-state index in [1.54, 1.807) is 5.57 Å². The van der Waals surface area contributed by atoms with E-state index < -0.39 is 0 Å². The van der Waals surface area contributed by atoms with Gasteiger partial charge in [-0.15, -0.1) is 0 Å². The van der Waals surface area contributed by atoms with Crippen molar-refractivity contribution in [2.24, 2.45) is 0 Å². The van der Waals surface area contributed by atoms with Gasteiger partial charge in [0.25, 0.3) is 0 Å². The molecule has 3 rings (SSSR count). The first kappa shape index (κ1) is 16.7. The van der Waals surface area contributed by atoms with Crippen LogP contribution in [-0.4, -0.2) is 0 Å². The van der Waals surface area contributed by atoms with Crippen LogP contribution in [0.25, 0.3) is 11.1 Å². The average Bonchev–Trinajstić information content (AvgIpc) is 2.63. The van der Waals surface area contributed by atoms with Gasteiger partial charge < -0.3 is 0 Å². The second-order valence-corrected chi connectivity index (χ2v) is 6.57. The van der Waals surface area contributed by atoms with Crippen molar-refractivity contribution in [3.05, 3.63) is 83.7 Å². The summed E-state index contributed by atoms with van der Waals surface area (Å²) in [4.78, 5) is 0. The highest BCUT2D eigenvalue weighted by molar-refractivity contribution is 5.63. The minimum Gasteiger partial charge on any atom is -0.207 e. The highest BCUT2D eigenvalue weighted by atomic mass is 19.1. The van der Waals surface area contributed by atoms with Crippen molar-refractivity contribution in [1.29, 1.82) is 0 Å². The van der Waals surface area contributed by atoms with E-state index >= 15 is 0 Å². The topological polar surface area (TPSA) is 0 Å². The van der Waals surface area contributed by atoms with Gasteiger partial charge in [-0.2, -0.15) is 0 Å². The van der Waals surface area contributed by atoms with E-state index in [-0.39, 0.29) is 5.82 Å². The van der Waals surface area contributed by atoms with Crippen LogP contribution in [0.3, 0.4) is 0 Å². The zero-order chi connectivity index (χ0) is 16.8. The predicted molar refractivity (Wildman–Crippen MR) is 101 cm³/mol. The van der Waals surface area contributed by atoms with Crippen molar-refractivity contribution in [2.45, 2.75) is 44.9 Å². The van der Waals surface area contributed by atoms with Crippen molar-refractivity contribution in [2.75, 3.05) is 0 Å². The number of hydrogen-bond donors (Lipinski definition) is 0. The molecule has 1 atom stereocenters.